The number of imidazole rings is 1. The zero-order valence-corrected chi connectivity index (χ0v) is 14.6. The van der Waals surface area contributed by atoms with E-state index in [1.165, 1.54) is 6.07 Å². The van der Waals surface area contributed by atoms with Crippen LogP contribution in [0.3, 0.4) is 0 Å². The number of halogens is 4. The van der Waals surface area contributed by atoms with Gasteiger partial charge in [-0.3, -0.25) is 0 Å². The molecule has 136 valence electrons. The van der Waals surface area contributed by atoms with E-state index in [0.29, 0.717) is 27.8 Å². The molecule has 1 aliphatic carbocycles. The fourth-order valence-corrected chi connectivity index (χ4v) is 3.14. The Morgan fingerprint density at radius 2 is 1.89 bits per heavy atom. The highest BCUT2D eigenvalue weighted by Crippen LogP contribution is 2.42. The van der Waals surface area contributed by atoms with E-state index in [1.807, 2.05) is 12.1 Å². The van der Waals surface area contributed by atoms with Gasteiger partial charge in [-0.15, -0.1) is 0 Å². The van der Waals surface area contributed by atoms with Crippen LogP contribution in [0.25, 0.3) is 22.5 Å². The first-order chi connectivity index (χ1) is 12.8. The van der Waals surface area contributed by atoms with Gasteiger partial charge in [0.25, 0.3) is 0 Å². The lowest BCUT2D eigenvalue weighted by molar-refractivity contribution is -0.140. The smallest absolute Gasteiger partial charge is 0.344 e. The summed E-state index contributed by atoms with van der Waals surface area (Å²) >= 11 is 6.16. The van der Waals surface area contributed by atoms with E-state index < -0.39 is 11.9 Å². The van der Waals surface area contributed by atoms with Crippen LogP contribution in [0.4, 0.5) is 13.2 Å². The largest absolute Gasteiger partial charge is 0.434 e. The summed E-state index contributed by atoms with van der Waals surface area (Å²) in [6.07, 6.45) is -1.66. The van der Waals surface area contributed by atoms with Crippen LogP contribution in [-0.2, 0) is 6.18 Å². The highest BCUT2D eigenvalue weighted by Gasteiger charge is 2.34. The number of benzene rings is 1. The van der Waals surface area contributed by atoms with Crippen molar-refractivity contribution in [2.24, 2.45) is 0 Å². The summed E-state index contributed by atoms with van der Waals surface area (Å²) in [6.45, 7) is 0. The van der Waals surface area contributed by atoms with Crippen molar-refractivity contribution in [2.45, 2.75) is 24.9 Å². The van der Waals surface area contributed by atoms with Crippen LogP contribution in [-0.4, -0.2) is 15.0 Å². The van der Waals surface area contributed by atoms with Gasteiger partial charge in [0.15, 0.2) is 5.69 Å². The van der Waals surface area contributed by atoms with Gasteiger partial charge in [-0.25, -0.2) is 9.97 Å². The summed E-state index contributed by atoms with van der Waals surface area (Å²) in [7, 11) is 0. The van der Waals surface area contributed by atoms with Crippen LogP contribution in [0.15, 0.2) is 36.5 Å². The predicted molar refractivity (Wildman–Crippen MR) is 94.0 cm³/mol. The molecule has 2 heterocycles. The number of nitrogens with zero attached hydrogens (tertiary/aromatic N) is 3. The molecule has 0 saturated heterocycles. The second-order valence-electron chi connectivity index (χ2n) is 6.38. The summed E-state index contributed by atoms with van der Waals surface area (Å²) in [5, 5.41) is 9.50. The zero-order chi connectivity index (χ0) is 19.2. The number of hydrogen-bond acceptors (Lipinski definition) is 3. The molecule has 1 aliphatic rings. The molecule has 0 aliphatic heterocycles. The van der Waals surface area contributed by atoms with Crippen LogP contribution < -0.4 is 0 Å². The number of H-pyrrole nitrogens is 1. The Hall–Kier alpha value is -2.85. The van der Waals surface area contributed by atoms with Crippen molar-refractivity contribution in [2.75, 3.05) is 0 Å². The molecule has 2 aromatic heterocycles. The number of aromatic amines is 1. The van der Waals surface area contributed by atoms with E-state index in [2.05, 4.69) is 15.0 Å². The zero-order valence-electron chi connectivity index (χ0n) is 13.8. The molecule has 4 rings (SSSR count). The highest BCUT2D eigenvalue weighted by molar-refractivity contribution is 6.29. The first kappa shape index (κ1) is 17.6. The van der Waals surface area contributed by atoms with Gasteiger partial charge >= 0.3 is 6.18 Å². The molecule has 0 spiro atoms. The number of aromatic nitrogens is 3. The minimum absolute atomic E-state index is 0.0373. The monoisotopic (exact) mass is 388 g/mol. The molecule has 1 N–H and O–H groups in total. The van der Waals surface area contributed by atoms with E-state index in [0.717, 1.165) is 30.3 Å². The molecule has 1 fully saturated rings. The van der Waals surface area contributed by atoms with Gasteiger partial charge in [0.05, 0.1) is 11.6 Å². The van der Waals surface area contributed by atoms with Gasteiger partial charge in [0.2, 0.25) is 0 Å². The third-order valence-electron chi connectivity index (χ3n) is 4.39. The lowest BCUT2D eigenvalue weighted by atomic mass is 9.97. The van der Waals surface area contributed by atoms with Gasteiger partial charge in [-0.05, 0) is 48.2 Å². The maximum absolute atomic E-state index is 12.9. The van der Waals surface area contributed by atoms with Crippen LogP contribution in [0.1, 0.15) is 35.7 Å². The van der Waals surface area contributed by atoms with Gasteiger partial charge in [-0.2, -0.15) is 18.4 Å². The third-order valence-corrected chi connectivity index (χ3v) is 4.59. The maximum atomic E-state index is 12.9. The molecule has 0 amide bonds. The van der Waals surface area contributed by atoms with Gasteiger partial charge < -0.3 is 4.98 Å². The maximum Gasteiger partial charge on any atom is 0.434 e. The first-order valence-corrected chi connectivity index (χ1v) is 8.58. The molecule has 0 bridgehead atoms. The standard InChI is InChI=1S/C19H12ClF3N4/c20-17-7-12(6-15(26-17)11-2-3-11)13-4-1-10(8-24)5-14(13)18-25-9-16(27-18)19(21,22)23/h1,4-7,9,11H,2-3H2,(H,25,27). The second kappa shape index (κ2) is 6.39. The summed E-state index contributed by atoms with van der Waals surface area (Å²) in [4.78, 5) is 10.6. The summed E-state index contributed by atoms with van der Waals surface area (Å²) in [5.74, 6) is 0.403. The molecular formula is C19H12ClF3N4. The summed E-state index contributed by atoms with van der Waals surface area (Å²) < 4.78 is 38.8. The topological polar surface area (TPSA) is 65.4 Å². The Morgan fingerprint density at radius 1 is 1.11 bits per heavy atom. The van der Waals surface area contributed by atoms with Crippen molar-refractivity contribution in [3.63, 3.8) is 0 Å². The highest BCUT2D eigenvalue weighted by atomic mass is 35.5. The van der Waals surface area contributed by atoms with E-state index in [1.54, 1.807) is 18.2 Å². The van der Waals surface area contributed by atoms with Crippen LogP contribution >= 0.6 is 11.6 Å². The molecule has 1 saturated carbocycles. The average Bonchev–Trinajstić information content (AvgIpc) is 3.36. The second-order valence-corrected chi connectivity index (χ2v) is 6.77. The van der Waals surface area contributed by atoms with Crippen molar-refractivity contribution >= 4 is 11.6 Å². The average molecular weight is 389 g/mol. The SMILES string of the molecule is N#Cc1ccc(-c2cc(Cl)nc(C3CC3)c2)c(-c2nc(C(F)(F)F)c[nH]2)c1. The predicted octanol–water partition coefficient (Wildman–Crippen LogP) is 5.56. The fourth-order valence-electron chi connectivity index (χ4n) is 2.93. The molecule has 1 aromatic carbocycles. The number of pyridine rings is 1. The van der Waals surface area contributed by atoms with Crippen molar-refractivity contribution < 1.29 is 13.2 Å². The Labute approximate surface area is 157 Å². The molecule has 3 aromatic rings. The number of nitriles is 1. The summed E-state index contributed by atoms with van der Waals surface area (Å²) in [6, 6.07) is 10.4. The van der Waals surface area contributed by atoms with Crippen molar-refractivity contribution in [1.29, 1.82) is 5.26 Å². The Bertz CT molecular complexity index is 1060. The number of nitrogens with one attached hydrogen (secondary N) is 1. The number of hydrogen-bond donors (Lipinski definition) is 1. The van der Waals surface area contributed by atoms with E-state index in [9.17, 15) is 18.4 Å². The molecule has 0 unspecified atom stereocenters. The quantitative estimate of drug-likeness (QED) is 0.597. The molecule has 0 atom stereocenters. The van der Waals surface area contributed by atoms with Gasteiger partial charge in [-0.1, -0.05) is 17.7 Å². The molecule has 27 heavy (non-hydrogen) atoms. The normalized spacial score (nSPS) is 14.2. The lowest BCUT2D eigenvalue weighted by Crippen LogP contribution is -2.04. The lowest BCUT2D eigenvalue weighted by Gasteiger charge is -2.11. The van der Waals surface area contributed by atoms with E-state index >= 15 is 0 Å². The van der Waals surface area contributed by atoms with Crippen molar-refractivity contribution in [3.8, 4) is 28.6 Å². The minimum atomic E-state index is -4.55. The Kier molecular flexibility index (Phi) is 4.16. The van der Waals surface area contributed by atoms with Crippen LogP contribution in [0, 0.1) is 11.3 Å². The molecule has 8 heteroatoms. The van der Waals surface area contributed by atoms with Gasteiger partial charge in [0, 0.05) is 23.4 Å². The third kappa shape index (κ3) is 3.53. The first-order valence-electron chi connectivity index (χ1n) is 8.20. The van der Waals surface area contributed by atoms with E-state index in [-0.39, 0.29) is 5.82 Å². The van der Waals surface area contributed by atoms with Crippen molar-refractivity contribution in [3.05, 3.63) is 58.6 Å². The molecule has 4 nitrogen and oxygen atoms in total. The fraction of sp³-hybridized carbons (Fsp3) is 0.211. The van der Waals surface area contributed by atoms with Crippen molar-refractivity contribution in [1.82, 2.24) is 15.0 Å². The molecular weight excluding hydrogens is 377 g/mol. The number of alkyl halides is 3. The van der Waals surface area contributed by atoms with Crippen LogP contribution in [0.2, 0.25) is 5.15 Å². The van der Waals surface area contributed by atoms with Gasteiger partial charge in [0.1, 0.15) is 11.0 Å². The Balaban J connectivity index is 1.87. The van der Waals surface area contributed by atoms with Crippen LogP contribution in [0.5, 0.6) is 0 Å². The summed E-state index contributed by atoms with van der Waals surface area (Å²) in [5.41, 5.74) is 1.92. The minimum Gasteiger partial charge on any atom is -0.344 e. The van der Waals surface area contributed by atoms with E-state index in [4.69, 9.17) is 11.6 Å². The Morgan fingerprint density at radius 3 is 2.52 bits per heavy atom. The molecule has 0 radical (unpaired) electrons. The number of rotatable bonds is 3.